The zero-order valence-corrected chi connectivity index (χ0v) is 42.8. The largest absolute Gasteiger partial charge is 0.481 e. The highest BCUT2D eigenvalue weighted by atomic mass is 16.5. The summed E-state index contributed by atoms with van der Waals surface area (Å²) in [7, 11) is 6.69. The van der Waals surface area contributed by atoms with Crippen molar-refractivity contribution >= 4 is 46.3 Å². The van der Waals surface area contributed by atoms with Crippen LogP contribution in [-0.2, 0) is 56.0 Å². The molecule has 0 aromatic heterocycles. The number of methoxy groups -OCH3 is 2. The van der Waals surface area contributed by atoms with Crippen molar-refractivity contribution in [2.75, 3.05) is 41.4 Å². The fraction of sp³-hybridized carbons (Fsp3) is 0.593. The third-order valence-corrected chi connectivity index (χ3v) is 13.9. The van der Waals surface area contributed by atoms with Crippen molar-refractivity contribution in [3.8, 4) is 0 Å². The standard InChI is InChI=1S/C54H79N5O10/c1-12-36(6)49(58(9)48(35(4)5)53(65)56-52(64)47(34(2)3)57(8)29-20-28-46(61)62)44(67-10)32-45(60)59-30-19-27-43(59)50(68-11)37(7)51(63)55-42(31-38-21-14-13-15-22-38)54(66)69-33-40-25-18-24-39-23-16-17-26-41(39)40/h13-18,21-26,34-37,42-44,47-50H,12,19-20,27-33H2,1-11H3,(H,55,63)(H,61,62)(H,56,64,65)/t36-,37+,42-,43-,44+,47-,48-,49-,50+/m0/s1. The fourth-order valence-corrected chi connectivity index (χ4v) is 10.2. The molecule has 0 aliphatic carbocycles. The van der Waals surface area contributed by atoms with Crippen molar-refractivity contribution in [3.63, 3.8) is 0 Å². The molecule has 4 amide bonds. The van der Waals surface area contributed by atoms with E-state index in [9.17, 15) is 28.8 Å². The van der Waals surface area contributed by atoms with Gasteiger partial charge in [-0.2, -0.15) is 0 Å². The van der Waals surface area contributed by atoms with E-state index < -0.39 is 78.0 Å². The molecule has 0 bridgehead atoms. The lowest BCUT2D eigenvalue weighted by Crippen LogP contribution is -2.60. The summed E-state index contributed by atoms with van der Waals surface area (Å²) in [5.41, 5.74) is 1.71. The minimum Gasteiger partial charge on any atom is -0.481 e. The molecule has 15 nitrogen and oxygen atoms in total. The summed E-state index contributed by atoms with van der Waals surface area (Å²) in [6.07, 6.45) is 1.22. The van der Waals surface area contributed by atoms with Crippen LogP contribution in [0.5, 0.6) is 0 Å². The number of fused-ring (bicyclic) bond motifs is 1. The number of nitrogens with one attached hydrogen (secondary N) is 2. The van der Waals surface area contributed by atoms with Gasteiger partial charge in [-0.05, 0) is 79.6 Å². The number of carbonyl (C=O) groups is 6. The van der Waals surface area contributed by atoms with E-state index in [1.807, 2.05) is 119 Å². The second-order valence-electron chi connectivity index (χ2n) is 19.5. The number of amides is 4. The molecular formula is C54H79N5O10. The number of ether oxygens (including phenoxy) is 3. The van der Waals surface area contributed by atoms with E-state index in [0.717, 1.165) is 28.3 Å². The summed E-state index contributed by atoms with van der Waals surface area (Å²) in [6.45, 7) is 14.3. The Morgan fingerprint density at radius 1 is 0.812 bits per heavy atom. The quantitative estimate of drug-likeness (QED) is 0.0707. The maximum absolute atomic E-state index is 14.6. The molecule has 0 unspecified atom stereocenters. The van der Waals surface area contributed by atoms with Gasteiger partial charge in [-0.15, -0.1) is 0 Å². The van der Waals surface area contributed by atoms with E-state index in [0.29, 0.717) is 32.4 Å². The van der Waals surface area contributed by atoms with E-state index in [1.54, 1.807) is 30.9 Å². The number of carboxylic acid groups (broad SMARTS) is 1. The van der Waals surface area contributed by atoms with E-state index >= 15 is 0 Å². The van der Waals surface area contributed by atoms with Crippen LogP contribution in [0.4, 0.5) is 0 Å². The molecular weight excluding hydrogens is 879 g/mol. The van der Waals surface area contributed by atoms with Gasteiger partial charge in [0.25, 0.3) is 0 Å². The molecule has 1 fully saturated rings. The minimum atomic E-state index is -0.989. The Hall–Kier alpha value is -5.22. The second-order valence-corrected chi connectivity index (χ2v) is 19.5. The number of nitrogens with zero attached hydrogens (tertiary/aromatic N) is 3. The molecule has 9 atom stereocenters. The third kappa shape index (κ3) is 15.4. The van der Waals surface area contributed by atoms with E-state index in [-0.39, 0.29) is 49.5 Å². The highest BCUT2D eigenvalue weighted by Gasteiger charge is 2.44. The van der Waals surface area contributed by atoms with Gasteiger partial charge in [-0.1, -0.05) is 128 Å². The molecule has 4 rings (SSSR count). The first-order valence-corrected chi connectivity index (χ1v) is 24.7. The van der Waals surface area contributed by atoms with Crippen LogP contribution in [0.3, 0.4) is 0 Å². The van der Waals surface area contributed by atoms with Crippen LogP contribution in [0.2, 0.25) is 0 Å². The van der Waals surface area contributed by atoms with Crippen LogP contribution in [0, 0.1) is 23.7 Å². The first-order valence-electron chi connectivity index (χ1n) is 24.7. The Kier molecular flexibility index (Phi) is 22.3. The van der Waals surface area contributed by atoms with Gasteiger partial charge in [0.2, 0.25) is 23.6 Å². The Morgan fingerprint density at radius 3 is 2.07 bits per heavy atom. The summed E-state index contributed by atoms with van der Waals surface area (Å²) >= 11 is 0. The highest BCUT2D eigenvalue weighted by molar-refractivity contribution is 6.00. The Bertz CT molecular complexity index is 2150. The van der Waals surface area contributed by atoms with Gasteiger partial charge in [0, 0.05) is 39.6 Å². The molecule has 1 aliphatic rings. The van der Waals surface area contributed by atoms with Crippen molar-refractivity contribution < 1.29 is 48.1 Å². The van der Waals surface area contributed by atoms with E-state index in [4.69, 9.17) is 19.3 Å². The van der Waals surface area contributed by atoms with Gasteiger partial charge in [-0.25, -0.2) is 4.79 Å². The predicted molar refractivity (Wildman–Crippen MR) is 267 cm³/mol. The van der Waals surface area contributed by atoms with Crippen LogP contribution >= 0.6 is 0 Å². The summed E-state index contributed by atoms with van der Waals surface area (Å²) in [5.74, 6) is -4.15. The molecule has 3 aromatic carbocycles. The molecule has 0 saturated carbocycles. The number of hydrogen-bond donors (Lipinski definition) is 3. The van der Waals surface area contributed by atoms with Gasteiger partial charge in [-0.3, -0.25) is 39.1 Å². The maximum Gasteiger partial charge on any atom is 0.329 e. The third-order valence-electron chi connectivity index (χ3n) is 13.9. The monoisotopic (exact) mass is 958 g/mol. The lowest BCUT2D eigenvalue weighted by molar-refractivity contribution is -0.150. The number of likely N-dealkylation sites (tertiary alicyclic amines) is 1. The summed E-state index contributed by atoms with van der Waals surface area (Å²) in [6, 6.07) is 19.9. The maximum atomic E-state index is 14.6. The second kappa shape index (κ2) is 27.2. The van der Waals surface area contributed by atoms with Crippen LogP contribution in [-0.4, -0.2) is 139 Å². The summed E-state index contributed by atoms with van der Waals surface area (Å²) < 4.78 is 18.1. The Balaban J connectivity index is 1.49. The van der Waals surface area contributed by atoms with Crippen molar-refractivity contribution in [1.29, 1.82) is 0 Å². The minimum absolute atomic E-state index is 0.00697. The molecule has 0 radical (unpaired) electrons. The van der Waals surface area contributed by atoms with Crippen molar-refractivity contribution in [2.45, 2.75) is 142 Å². The number of carbonyl (C=O) groups excluding carboxylic acids is 5. The lowest BCUT2D eigenvalue weighted by atomic mass is 9.87. The summed E-state index contributed by atoms with van der Waals surface area (Å²) in [5, 5.41) is 16.8. The van der Waals surface area contributed by atoms with Crippen LogP contribution in [0.25, 0.3) is 10.8 Å². The van der Waals surface area contributed by atoms with E-state index in [1.165, 1.54) is 7.11 Å². The van der Waals surface area contributed by atoms with E-state index in [2.05, 4.69) is 17.6 Å². The van der Waals surface area contributed by atoms with Crippen LogP contribution in [0.1, 0.15) is 98.1 Å². The van der Waals surface area contributed by atoms with Crippen molar-refractivity contribution in [1.82, 2.24) is 25.3 Å². The van der Waals surface area contributed by atoms with Gasteiger partial charge in [0.15, 0.2) is 0 Å². The number of esters is 1. The van der Waals surface area contributed by atoms with Gasteiger partial charge < -0.3 is 29.5 Å². The van der Waals surface area contributed by atoms with Gasteiger partial charge in [0.05, 0.1) is 42.7 Å². The lowest BCUT2D eigenvalue weighted by Gasteiger charge is -2.43. The molecule has 1 aliphatic heterocycles. The molecule has 3 N–H and O–H groups in total. The molecule has 15 heteroatoms. The van der Waals surface area contributed by atoms with Crippen molar-refractivity contribution in [2.24, 2.45) is 23.7 Å². The SMILES string of the molecule is CC[C@H](C)[C@@H]([C@@H](CC(=O)N1CCC[C@H]1[C@H](OC)[C@@H](C)C(=O)N[C@@H](Cc1ccccc1)C(=O)OCc1cccc2ccccc12)OC)N(C)[C@H](C(=O)NC(=O)[C@H](C(C)C)N(C)CCCC(=O)O)C(C)C. The normalized spacial score (nSPS) is 17.6. The molecule has 69 heavy (non-hydrogen) atoms. The number of carboxylic acids is 1. The number of aliphatic carboxylic acids is 1. The highest BCUT2D eigenvalue weighted by Crippen LogP contribution is 2.31. The average molecular weight is 958 g/mol. The first-order chi connectivity index (χ1) is 32.8. The van der Waals surface area contributed by atoms with Crippen LogP contribution in [0.15, 0.2) is 72.8 Å². The number of benzene rings is 3. The number of likely N-dealkylation sites (N-methyl/N-ethyl adjacent to an activating group) is 2. The Morgan fingerprint density at radius 2 is 1.45 bits per heavy atom. The van der Waals surface area contributed by atoms with Gasteiger partial charge >= 0.3 is 11.9 Å². The first kappa shape index (κ1) is 56.4. The fourth-order valence-electron chi connectivity index (χ4n) is 10.2. The molecule has 0 spiro atoms. The topological polar surface area (TPSA) is 184 Å². The number of imide groups is 1. The molecule has 1 heterocycles. The van der Waals surface area contributed by atoms with Gasteiger partial charge in [0.1, 0.15) is 12.6 Å². The predicted octanol–water partition coefficient (Wildman–Crippen LogP) is 6.49. The Labute approximate surface area is 410 Å². The molecule has 3 aromatic rings. The van der Waals surface area contributed by atoms with Crippen LogP contribution < -0.4 is 10.6 Å². The zero-order valence-electron chi connectivity index (χ0n) is 42.8. The summed E-state index contributed by atoms with van der Waals surface area (Å²) in [4.78, 5) is 87.2. The molecule has 380 valence electrons. The smallest absolute Gasteiger partial charge is 0.329 e. The zero-order chi connectivity index (χ0) is 50.9. The van der Waals surface area contributed by atoms with Crippen molar-refractivity contribution in [3.05, 3.63) is 83.9 Å². The number of rotatable bonds is 27. The average Bonchev–Trinajstić information content (AvgIpc) is 3.80. The molecule has 1 saturated heterocycles. The number of hydrogen-bond acceptors (Lipinski definition) is 11.